The zero-order chi connectivity index (χ0) is 29.0. The van der Waals surface area contributed by atoms with Crippen molar-refractivity contribution >= 4 is 55.4 Å². The predicted octanol–water partition coefficient (Wildman–Crippen LogP) is 6.73. The summed E-state index contributed by atoms with van der Waals surface area (Å²) in [6, 6.07) is 26.2. The van der Waals surface area contributed by atoms with Crippen molar-refractivity contribution in [2.45, 2.75) is 12.8 Å². The smallest absolute Gasteiger partial charge is 0.323 e. The van der Waals surface area contributed by atoms with Crippen LogP contribution in [0.15, 0.2) is 83.3 Å². The topological polar surface area (TPSA) is 75.0 Å². The maximum absolute atomic E-state index is 13.1. The van der Waals surface area contributed by atoms with Crippen LogP contribution in [0.3, 0.4) is 0 Å². The molecule has 0 fully saturated rings. The molecule has 0 radical (unpaired) electrons. The largest absolute Gasteiger partial charge is 0.495 e. The van der Waals surface area contributed by atoms with E-state index in [2.05, 4.69) is 30.0 Å². The van der Waals surface area contributed by atoms with Gasteiger partial charge in [-0.2, -0.15) is 0 Å². The molecule has 206 valence electrons. The zero-order valence-corrected chi connectivity index (χ0v) is 23.4. The molecule has 1 aromatic heterocycles. The molecule has 6 aromatic rings. The quantitative estimate of drug-likeness (QED) is 0.137. The first-order valence-electron chi connectivity index (χ1n) is 13.6. The lowest BCUT2D eigenvalue weighted by Gasteiger charge is -2.22. The predicted molar refractivity (Wildman–Crippen MR) is 162 cm³/mol. The molecule has 0 N–H and O–H groups in total. The summed E-state index contributed by atoms with van der Waals surface area (Å²) in [6.45, 7) is 0. The van der Waals surface area contributed by atoms with Crippen molar-refractivity contribution in [1.29, 1.82) is 0 Å². The molecule has 0 aliphatic heterocycles. The summed E-state index contributed by atoms with van der Waals surface area (Å²) in [4.78, 5) is 26.2. The molecule has 0 saturated heterocycles. The van der Waals surface area contributed by atoms with Crippen molar-refractivity contribution in [2.75, 3.05) is 21.3 Å². The van der Waals surface area contributed by atoms with Crippen LogP contribution in [-0.2, 0) is 31.9 Å². The van der Waals surface area contributed by atoms with E-state index in [1.54, 1.807) is 7.11 Å². The molecule has 5 aromatic carbocycles. The first kappa shape index (κ1) is 25.7. The number of carbonyl (C=O) groups is 2. The van der Waals surface area contributed by atoms with Crippen LogP contribution < -0.4 is 4.74 Å². The molecule has 6 nitrogen and oxygen atoms in total. The van der Waals surface area contributed by atoms with Gasteiger partial charge in [0.05, 0.1) is 26.9 Å². The van der Waals surface area contributed by atoms with E-state index in [0.717, 1.165) is 54.6 Å². The molecular weight excluding hydrogens is 528 g/mol. The number of rotatable bonds is 3. The van der Waals surface area contributed by atoms with Gasteiger partial charge in [0.25, 0.3) is 0 Å². The maximum atomic E-state index is 13.1. The van der Waals surface area contributed by atoms with Gasteiger partial charge in [0, 0.05) is 22.8 Å². The van der Waals surface area contributed by atoms with E-state index >= 15 is 0 Å². The number of ether oxygens (including phenoxy) is 3. The lowest BCUT2D eigenvalue weighted by molar-refractivity contribution is -0.168. The summed E-state index contributed by atoms with van der Waals surface area (Å²) in [6.07, 6.45) is 0.237. The molecule has 0 unspecified atom stereocenters. The Bertz CT molecular complexity index is 2140. The van der Waals surface area contributed by atoms with Gasteiger partial charge >= 0.3 is 11.9 Å². The minimum Gasteiger partial charge on any atom is -0.495 e. The van der Waals surface area contributed by atoms with Crippen LogP contribution >= 0.6 is 0 Å². The molecule has 1 heterocycles. The second kappa shape index (κ2) is 9.67. The molecule has 0 spiro atoms. The third kappa shape index (κ3) is 3.82. The number of benzene rings is 5. The van der Waals surface area contributed by atoms with Crippen molar-refractivity contribution in [3.05, 3.63) is 101 Å². The van der Waals surface area contributed by atoms with Gasteiger partial charge in [-0.3, -0.25) is 9.59 Å². The van der Waals surface area contributed by atoms with Crippen molar-refractivity contribution in [1.82, 2.24) is 0 Å². The van der Waals surface area contributed by atoms with E-state index in [9.17, 15) is 9.59 Å². The van der Waals surface area contributed by atoms with Crippen molar-refractivity contribution in [2.24, 2.45) is 5.41 Å². The number of methoxy groups -OCH3 is 3. The van der Waals surface area contributed by atoms with Crippen molar-refractivity contribution in [3.63, 3.8) is 0 Å². The summed E-state index contributed by atoms with van der Waals surface area (Å²) in [5.41, 5.74) is 2.93. The highest BCUT2D eigenvalue weighted by molar-refractivity contribution is 6.13. The van der Waals surface area contributed by atoms with Gasteiger partial charge in [-0.15, -0.1) is 0 Å². The molecule has 0 atom stereocenters. The van der Waals surface area contributed by atoms with E-state index < -0.39 is 17.4 Å². The highest BCUT2D eigenvalue weighted by Gasteiger charge is 2.53. The Morgan fingerprint density at radius 1 is 0.738 bits per heavy atom. The molecular formula is C36H26O6. The Morgan fingerprint density at radius 2 is 1.36 bits per heavy atom. The fraction of sp³-hybridized carbons (Fsp3) is 0.167. The van der Waals surface area contributed by atoms with Crippen LogP contribution in [0, 0.1) is 17.3 Å². The van der Waals surface area contributed by atoms with Crippen molar-refractivity contribution < 1.29 is 28.2 Å². The number of hydrogen-bond donors (Lipinski definition) is 0. The van der Waals surface area contributed by atoms with E-state index in [0.29, 0.717) is 16.9 Å². The molecule has 0 amide bonds. The first-order chi connectivity index (χ1) is 20.5. The fourth-order valence-corrected chi connectivity index (χ4v) is 6.28. The monoisotopic (exact) mass is 554 g/mol. The normalized spacial score (nSPS) is 13.6. The van der Waals surface area contributed by atoms with E-state index in [1.165, 1.54) is 14.2 Å². The molecule has 7 rings (SSSR count). The van der Waals surface area contributed by atoms with Gasteiger partial charge in [-0.1, -0.05) is 60.4 Å². The minimum absolute atomic E-state index is 0.108. The molecule has 0 bridgehead atoms. The van der Waals surface area contributed by atoms with Crippen LogP contribution in [0.2, 0.25) is 0 Å². The zero-order valence-electron chi connectivity index (χ0n) is 23.4. The number of furan rings is 1. The number of esters is 2. The summed E-state index contributed by atoms with van der Waals surface area (Å²) in [5.74, 6) is 6.17. The number of carbonyl (C=O) groups excluding carboxylic acids is 2. The molecule has 6 heteroatoms. The van der Waals surface area contributed by atoms with Crippen LogP contribution in [-0.4, -0.2) is 33.3 Å². The summed E-state index contributed by atoms with van der Waals surface area (Å²) >= 11 is 0. The van der Waals surface area contributed by atoms with Crippen LogP contribution in [0.5, 0.6) is 5.75 Å². The van der Waals surface area contributed by atoms with Crippen LogP contribution in [0.1, 0.15) is 22.3 Å². The second-order valence-corrected chi connectivity index (χ2v) is 10.6. The number of fused-ring (bicyclic) bond motifs is 6. The third-order valence-electron chi connectivity index (χ3n) is 8.34. The fourth-order valence-electron chi connectivity index (χ4n) is 6.28. The first-order valence-corrected chi connectivity index (χ1v) is 13.6. The average molecular weight is 555 g/mol. The van der Waals surface area contributed by atoms with Gasteiger partial charge in [0.1, 0.15) is 16.9 Å². The van der Waals surface area contributed by atoms with Gasteiger partial charge in [0.15, 0.2) is 5.41 Å². The van der Waals surface area contributed by atoms with Crippen LogP contribution in [0.4, 0.5) is 0 Å². The van der Waals surface area contributed by atoms with Crippen molar-refractivity contribution in [3.8, 4) is 17.6 Å². The summed E-state index contributed by atoms with van der Waals surface area (Å²) in [5, 5.41) is 5.99. The van der Waals surface area contributed by atoms with Gasteiger partial charge in [0.2, 0.25) is 0 Å². The Labute approximate surface area is 241 Å². The second-order valence-electron chi connectivity index (χ2n) is 10.6. The van der Waals surface area contributed by atoms with E-state index in [1.807, 2.05) is 60.7 Å². The van der Waals surface area contributed by atoms with E-state index in [4.69, 9.17) is 18.6 Å². The SMILES string of the molecule is COC(=O)C1(C(=O)OC)Cc2cc3oc4cc5ccccc5cc4c3c(C#Cc3cc4ccccc4cc3OC)c2C1. The average Bonchev–Trinajstić information content (AvgIpc) is 3.59. The lowest BCUT2D eigenvalue weighted by atomic mass is 9.84. The highest BCUT2D eigenvalue weighted by Crippen LogP contribution is 2.45. The Hall–Kier alpha value is -5.28. The highest BCUT2D eigenvalue weighted by atomic mass is 16.5. The van der Waals surface area contributed by atoms with Gasteiger partial charge in [-0.05, 0) is 69.4 Å². The maximum Gasteiger partial charge on any atom is 0.323 e. The third-order valence-corrected chi connectivity index (χ3v) is 8.34. The standard InChI is InChI=1S/C36H26O6/c1-39-30-16-23-10-6-4-8-21(23)14-25(30)12-13-27-29-20-36(34(37)40-2,35(38)41-3)19-26(29)18-32-33(27)28-15-22-9-5-7-11-24(22)17-31(28)42-32/h4-11,14-18H,19-20H2,1-3H3. The molecule has 0 saturated carbocycles. The van der Waals surface area contributed by atoms with Gasteiger partial charge in [-0.25, -0.2) is 0 Å². The minimum atomic E-state index is -1.50. The van der Waals surface area contributed by atoms with Gasteiger partial charge < -0.3 is 18.6 Å². The Morgan fingerprint density at radius 3 is 2.00 bits per heavy atom. The number of hydrogen-bond acceptors (Lipinski definition) is 6. The Balaban J connectivity index is 1.52. The molecule has 1 aliphatic carbocycles. The summed E-state index contributed by atoms with van der Waals surface area (Å²) < 4.78 is 22.3. The molecule has 1 aliphatic rings. The van der Waals surface area contributed by atoms with Crippen LogP contribution in [0.25, 0.3) is 43.5 Å². The molecule has 42 heavy (non-hydrogen) atoms. The summed E-state index contributed by atoms with van der Waals surface area (Å²) in [7, 11) is 4.20. The van der Waals surface area contributed by atoms with E-state index in [-0.39, 0.29) is 12.8 Å². The Kier molecular flexibility index (Phi) is 5.91. The lowest BCUT2D eigenvalue weighted by Crippen LogP contribution is -2.42.